The van der Waals surface area contributed by atoms with Gasteiger partial charge in [-0.2, -0.15) is 0 Å². The van der Waals surface area contributed by atoms with Gasteiger partial charge in [-0.15, -0.1) is 11.3 Å². The minimum absolute atomic E-state index is 0.807. The summed E-state index contributed by atoms with van der Waals surface area (Å²) in [6.07, 6.45) is 13.7. The highest BCUT2D eigenvalue weighted by atomic mass is 32.1. The highest BCUT2D eigenvalue weighted by Crippen LogP contribution is 2.31. The molecule has 0 aromatic carbocycles. The largest absolute Gasteiger partial charge is 0.316 e. The van der Waals surface area contributed by atoms with Gasteiger partial charge in [0.25, 0.3) is 0 Å². The summed E-state index contributed by atoms with van der Waals surface area (Å²) in [5.74, 6) is 1.64. The van der Waals surface area contributed by atoms with E-state index in [0.717, 1.165) is 29.8 Å². The van der Waals surface area contributed by atoms with Crippen LogP contribution >= 0.6 is 11.3 Å². The number of hydrogen-bond acceptors (Lipinski definition) is 3. The zero-order valence-electron chi connectivity index (χ0n) is 13.1. The van der Waals surface area contributed by atoms with Crippen molar-refractivity contribution in [1.29, 1.82) is 0 Å². The maximum atomic E-state index is 4.79. The smallest absolute Gasteiger partial charge is 0.193 e. The molecule has 21 heavy (non-hydrogen) atoms. The van der Waals surface area contributed by atoms with Gasteiger partial charge in [0.15, 0.2) is 4.96 Å². The molecule has 1 aliphatic carbocycles. The van der Waals surface area contributed by atoms with E-state index in [2.05, 4.69) is 34.4 Å². The summed E-state index contributed by atoms with van der Waals surface area (Å²) in [5, 5.41) is 5.75. The Morgan fingerprint density at radius 3 is 2.95 bits per heavy atom. The van der Waals surface area contributed by atoms with Crippen molar-refractivity contribution in [2.45, 2.75) is 51.9 Å². The van der Waals surface area contributed by atoms with Crippen LogP contribution in [0.1, 0.15) is 51.1 Å². The fourth-order valence-electron chi connectivity index (χ4n) is 3.61. The molecule has 0 bridgehead atoms. The maximum Gasteiger partial charge on any atom is 0.193 e. The van der Waals surface area contributed by atoms with Crippen LogP contribution < -0.4 is 5.32 Å². The topological polar surface area (TPSA) is 29.3 Å². The molecular weight excluding hydrogens is 278 g/mol. The third-order valence-corrected chi connectivity index (χ3v) is 5.53. The highest BCUT2D eigenvalue weighted by molar-refractivity contribution is 7.15. The molecule has 1 fully saturated rings. The number of thiazole rings is 1. The zero-order chi connectivity index (χ0) is 14.5. The van der Waals surface area contributed by atoms with Crippen LogP contribution in [0.3, 0.4) is 0 Å². The van der Waals surface area contributed by atoms with Crippen LogP contribution in [0.5, 0.6) is 0 Å². The molecular formula is C17H27N3S. The van der Waals surface area contributed by atoms with Crippen LogP contribution in [0, 0.1) is 11.8 Å². The second-order valence-corrected chi connectivity index (χ2v) is 7.26. The standard InChI is InChI=1S/C17H27N3S/c1-2-8-18-12-15-7-5-3-4-6-14(15)11-16-13-20-9-10-21-17(20)19-16/h9-10,13-15,18H,2-8,11-12H2,1H3. The lowest BCUT2D eigenvalue weighted by molar-refractivity contribution is 0.296. The van der Waals surface area contributed by atoms with Crippen LogP contribution in [0.25, 0.3) is 4.96 Å². The summed E-state index contributed by atoms with van der Waals surface area (Å²) in [5.41, 5.74) is 1.29. The first-order valence-electron chi connectivity index (χ1n) is 8.48. The van der Waals surface area contributed by atoms with E-state index in [9.17, 15) is 0 Å². The SMILES string of the molecule is CCCNCC1CCCCCC1Cc1cn2ccsc2n1. The monoisotopic (exact) mass is 305 g/mol. The van der Waals surface area contributed by atoms with Gasteiger partial charge in [-0.25, -0.2) is 4.98 Å². The van der Waals surface area contributed by atoms with Crippen molar-refractivity contribution < 1.29 is 0 Å². The second kappa shape index (κ2) is 7.41. The molecule has 116 valence electrons. The summed E-state index contributed by atoms with van der Waals surface area (Å²) < 4.78 is 2.17. The maximum absolute atomic E-state index is 4.79. The van der Waals surface area contributed by atoms with E-state index in [1.54, 1.807) is 11.3 Å². The van der Waals surface area contributed by atoms with Gasteiger partial charge in [-0.3, -0.25) is 4.40 Å². The third kappa shape index (κ3) is 3.86. The average Bonchev–Trinajstić information content (AvgIpc) is 2.98. The molecule has 3 rings (SSSR count). The Morgan fingerprint density at radius 2 is 2.14 bits per heavy atom. The Balaban J connectivity index is 1.65. The lowest BCUT2D eigenvalue weighted by Crippen LogP contribution is -2.29. The summed E-state index contributed by atoms with van der Waals surface area (Å²) in [6.45, 7) is 4.60. The summed E-state index contributed by atoms with van der Waals surface area (Å²) >= 11 is 1.73. The molecule has 2 atom stereocenters. The summed E-state index contributed by atoms with van der Waals surface area (Å²) in [6, 6.07) is 0. The minimum atomic E-state index is 0.807. The minimum Gasteiger partial charge on any atom is -0.316 e. The number of hydrogen-bond donors (Lipinski definition) is 1. The zero-order valence-corrected chi connectivity index (χ0v) is 13.9. The Kier molecular flexibility index (Phi) is 5.31. The number of fused-ring (bicyclic) bond motifs is 1. The van der Waals surface area contributed by atoms with Crippen LogP contribution in [0.2, 0.25) is 0 Å². The lowest BCUT2D eigenvalue weighted by Gasteiger charge is -2.25. The van der Waals surface area contributed by atoms with E-state index >= 15 is 0 Å². The number of nitrogens with one attached hydrogen (secondary N) is 1. The Hall–Kier alpha value is -0.870. The molecule has 2 heterocycles. The van der Waals surface area contributed by atoms with Gasteiger partial charge in [0, 0.05) is 17.8 Å². The molecule has 1 saturated carbocycles. The Morgan fingerprint density at radius 1 is 1.29 bits per heavy atom. The fraction of sp³-hybridized carbons (Fsp3) is 0.706. The molecule has 2 unspecified atom stereocenters. The third-order valence-electron chi connectivity index (χ3n) is 4.76. The molecule has 2 aromatic rings. The van der Waals surface area contributed by atoms with Crippen LogP contribution in [0.15, 0.2) is 17.8 Å². The van der Waals surface area contributed by atoms with E-state index in [-0.39, 0.29) is 0 Å². The van der Waals surface area contributed by atoms with E-state index in [4.69, 9.17) is 4.98 Å². The van der Waals surface area contributed by atoms with Gasteiger partial charge >= 0.3 is 0 Å². The predicted molar refractivity (Wildman–Crippen MR) is 90.0 cm³/mol. The number of rotatable bonds is 6. The number of aromatic nitrogens is 2. The first-order valence-corrected chi connectivity index (χ1v) is 9.36. The molecule has 0 amide bonds. The average molecular weight is 305 g/mol. The van der Waals surface area contributed by atoms with Gasteiger partial charge in [0.05, 0.1) is 5.69 Å². The van der Waals surface area contributed by atoms with Crippen molar-refractivity contribution in [2.75, 3.05) is 13.1 Å². The summed E-state index contributed by atoms with van der Waals surface area (Å²) in [4.78, 5) is 5.93. The van der Waals surface area contributed by atoms with Crippen molar-refractivity contribution in [1.82, 2.24) is 14.7 Å². The number of nitrogens with zero attached hydrogens (tertiary/aromatic N) is 2. The molecule has 4 heteroatoms. The van der Waals surface area contributed by atoms with Crippen molar-refractivity contribution in [2.24, 2.45) is 11.8 Å². The van der Waals surface area contributed by atoms with Crippen molar-refractivity contribution in [3.05, 3.63) is 23.5 Å². The fourth-order valence-corrected chi connectivity index (χ4v) is 4.32. The molecule has 2 aromatic heterocycles. The van der Waals surface area contributed by atoms with Crippen LogP contribution in [-0.4, -0.2) is 22.5 Å². The van der Waals surface area contributed by atoms with Crippen LogP contribution in [-0.2, 0) is 6.42 Å². The van der Waals surface area contributed by atoms with E-state index in [1.807, 2.05) is 0 Å². The van der Waals surface area contributed by atoms with E-state index < -0.39 is 0 Å². The Labute approximate surface area is 131 Å². The van der Waals surface area contributed by atoms with Gasteiger partial charge < -0.3 is 5.32 Å². The molecule has 3 nitrogen and oxygen atoms in total. The molecule has 0 radical (unpaired) electrons. The van der Waals surface area contributed by atoms with E-state index in [1.165, 1.54) is 50.8 Å². The first-order chi connectivity index (χ1) is 10.4. The van der Waals surface area contributed by atoms with Gasteiger partial charge in [-0.1, -0.05) is 26.2 Å². The second-order valence-electron chi connectivity index (χ2n) is 6.39. The normalized spacial score (nSPS) is 23.5. The van der Waals surface area contributed by atoms with Gasteiger partial charge in [-0.05, 0) is 50.6 Å². The quantitative estimate of drug-likeness (QED) is 0.642. The van der Waals surface area contributed by atoms with Gasteiger partial charge in [0.1, 0.15) is 0 Å². The molecule has 1 N–H and O–H groups in total. The van der Waals surface area contributed by atoms with Crippen molar-refractivity contribution in [3.63, 3.8) is 0 Å². The highest BCUT2D eigenvalue weighted by Gasteiger charge is 2.24. The molecule has 0 aliphatic heterocycles. The molecule has 0 saturated heterocycles. The lowest BCUT2D eigenvalue weighted by atomic mass is 9.84. The van der Waals surface area contributed by atoms with Crippen LogP contribution in [0.4, 0.5) is 0 Å². The Bertz CT molecular complexity index is 516. The number of imidazole rings is 1. The van der Waals surface area contributed by atoms with Crippen molar-refractivity contribution in [3.8, 4) is 0 Å². The predicted octanol–water partition coefficient (Wildman–Crippen LogP) is 4.13. The summed E-state index contributed by atoms with van der Waals surface area (Å²) in [7, 11) is 0. The van der Waals surface area contributed by atoms with E-state index in [0.29, 0.717) is 0 Å². The molecule has 1 aliphatic rings. The molecule has 0 spiro atoms. The van der Waals surface area contributed by atoms with Gasteiger partial charge in [0.2, 0.25) is 0 Å². The van der Waals surface area contributed by atoms with Crippen molar-refractivity contribution >= 4 is 16.3 Å². The first kappa shape index (κ1) is 15.0.